The summed E-state index contributed by atoms with van der Waals surface area (Å²) in [6, 6.07) is 12.0. The number of halogens is 2. The van der Waals surface area contributed by atoms with Gasteiger partial charge in [-0.2, -0.15) is 0 Å². The molecule has 3 aromatic rings. The molecule has 2 aliphatic rings. The summed E-state index contributed by atoms with van der Waals surface area (Å²) in [5, 5.41) is 5.11. The fourth-order valence-electron chi connectivity index (χ4n) is 4.01. The number of fused-ring (bicyclic) bond motifs is 1. The molecule has 1 aliphatic carbocycles. The molecule has 5 rings (SSSR count). The fraction of sp³-hybridized carbons (Fsp3) is 0.318. The van der Waals surface area contributed by atoms with E-state index in [2.05, 4.69) is 10.1 Å². The molecule has 0 N–H and O–H groups in total. The van der Waals surface area contributed by atoms with Gasteiger partial charge in [0.1, 0.15) is 11.6 Å². The quantitative estimate of drug-likeness (QED) is 0.629. The second-order valence-corrected chi connectivity index (χ2v) is 8.11. The predicted molar refractivity (Wildman–Crippen MR) is 108 cm³/mol. The Labute approximate surface area is 173 Å². The van der Waals surface area contributed by atoms with Gasteiger partial charge in [0, 0.05) is 12.5 Å². The van der Waals surface area contributed by atoms with E-state index in [9.17, 15) is 9.18 Å². The molecule has 1 atom stereocenters. The Morgan fingerprint density at radius 1 is 1.21 bits per heavy atom. The first-order valence-electron chi connectivity index (χ1n) is 9.84. The average Bonchev–Trinajstić information content (AvgIpc) is 3.47. The van der Waals surface area contributed by atoms with Crippen LogP contribution in [0, 0.1) is 5.82 Å². The molecule has 0 radical (unpaired) electrons. The molecule has 5 nitrogen and oxygen atoms in total. The molecular formula is C22H20ClFN4O. The summed E-state index contributed by atoms with van der Waals surface area (Å²) in [5.41, 5.74) is 2.65. The normalized spacial score (nSPS) is 18.6. The third-order valence-electron chi connectivity index (χ3n) is 5.76. The number of hydrogen-bond donors (Lipinski definition) is 0. The summed E-state index contributed by atoms with van der Waals surface area (Å²) in [5.74, 6) is 0.715. The molecule has 0 spiro atoms. The average molecular weight is 411 g/mol. The summed E-state index contributed by atoms with van der Waals surface area (Å²) >= 11 is 6.37. The van der Waals surface area contributed by atoms with E-state index >= 15 is 0 Å². The van der Waals surface area contributed by atoms with Crippen LogP contribution in [0.25, 0.3) is 5.69 Å². The van der Waals surface area contributed by atoms with Crippen molar-refractivity contribution in [1.82, 2.24) is 19.7 Å². The van der Waals surface area contributed by atoms with Gasteiger partial charge in [0.15, 0.2) is 0 Å². The highest BCUT2D eigenvalue weighted by atomic mass is 35.5. The monoisotopic (exact) mass is 410 g/mol. The maximum absolute atomic E-state index is 13.8. The Balaban J connectivity index is 1.51. The molecule has 2 heterocycles. The second kappa shape index (κ2) is 6.95. The highest BCUT2D eigenvalue weighted by Crippen LogP contribution is 2.40. The smallest absolute Gasteiger partial charge is 0.294 e. The van der Waals surface area contributed by atoms with E-state index in [4.69, 9.17) is 11.6 Å². The zero-order valence-corrected chi connectivity index (χ0v) is 16.7. The number of rotatable bonds is 3. The number of aromatic nitrogens is 3. The molecule has 1 amide bonds. The van der Waals surface area contributed by atoms with Crippen molar-refractivity contribution in [3.63, 3.8) is 0 Å². The van der Waals surface area contributed by atoms with Gasteiger partial charge in [-0.15, -0.1) is 5.10 Å². The van der Waals surface area contributed by atoms with Crippen molar-refractivity contribution in [3.05, 3.63) is 76.1 Å². The zero-order valence-electron chi connectivity index (χ0n) is 16.0. The van der Waals surface area contributed by atoms with E-state index in [0.717, 1.165) is 35.5 Å². The molecule has 2 aromatic carbocycles. The zero-order chi connectivity index (χ0) is 20.1. The van der Waals surface area contributed by atoms with Crippen LogP contribution >= 0.6 is 11.6 Å². The highest BCUT2D eigenvalue weighted by molar-refractivity contribution is 6.32. The minimum absolute atomic E-state index is 0.165. The van der Waals surface area contributed by atoms with Crippen LogP contribution in [0.1, 0.15) is 59.3 Å². The number of benzene rings is 2. The Hall–Kier alpha value is -2.73. The molecule has 29 heavy (non-hydrogen) atoms. The maximum Gasteiger partial charge on any atom is 0.294 e. The molecule has 148 valence electrons. The van der Waals surface area contributed by atoms with Crippen molar-refractivity contribution >= 4 is 17.5 Å². The van der Waals surface area contributed by atoms with Gasteiger partial charge in [0.2, 0.25) is 5.82 Å². The lowest BCUT2D eigenvalue weighted by atomic mass is 9.93. The van der Waals surface area contributed by atoms with Crippen LogP contribution in [0.2, 0.25) is 5.02 Å². The van der Waals surface area contributed by atoms with Crippen LogP contribution in [0.15, 0.2) is 42.5 Å². The van der Waals surface area contributed by atoms with Gasteiger partial charge in [-0.3, -0.25) is 4.79 Å². The van der Waals surface area contributed by atoms with E-state index in [1.807, 2.05) is 25.1 Å². The van der Waals surface area contributed by atoms with Crippen molar-refractivity contribution in [1.29, 1.82) is 0 Å². The molecule has 1 fully saturated rings. The van der Waals surface area contributed by atoms with Gasteiger partial charge in [-0.05, 0) is 61.6 Å². The molecule has 1 aromatic heterocycles. The summed E-state index contributed by atoms with van der Waals surface area (Å²) in [7, 11) is 0. The SMILES string of the molecule is CC1c2cc(F)ccc2CCN1C(=O)c1nc(C2CC2)n(-c2ccccc2Cl)n1. The number of nitrogens with zero attached hydrogens (tertiary/aromatic N) is 4. The molecule has 7 heteroatoms. The number of carbonyl (C=O) groups is 1. The van der Waals surface area contributed by atoms with E-state index in [0.29, 0.717) is 23.9 Å². The number of hydrogen-bond acceptors (Lipinski definition) is 3. The van der Waals surface area contributed by atoms with E-state index in [1.165, 1.54) is 12.1 Å². The van der Waals surface area contributed by atoms with Crippen molar-refractivity contribution in [2.75, 3.05) is 6.54 Å². The van der Waals surface area contributed by atoms with Gasteiger partial charge in [-0.1, -0.05) is 29.8 Å². The Kier molecular flexibility index (Phi) is 4.39. The molecule has 0 saturated heterocycles. The van der Waals surface area contributed by atoms with Crippen LogP contribution in [0.3, 0.4) is 0 Å². The van der Waals surface area contributed by atoms with E-state index in [-0.39, 0.29) is 23.6 Å². The Morgan fingerprint density at radius 3 is 2.76 bits per heavy atom. The van der Waals surface area contributed by atoms with Crippen LogP contribution in [-0.4, -0.2) is 32.1 Å². The summed E-state index contributed by atoms with van der Waals surface area (Å²) in [4.78, 5) is 19.6. The predicted octanol–water partition coefficient (Wildman–Crippen LogP) is 4.70. The standard InChI is InChI=1S/C22H20ClFN4O/c1-13-17-12-16(24)9-8-14(17)10-11-27(13)22(29)20-25-21(15-6-7-15)28(26-20)19-5-3-2-4-18(19)23/h2-5,8-9,12-13,15H,6-7,10-11H2,1H3. The van der Waals surface area contributed by atoms with Gasteiger partial charge >= 0.3 is 0 Å². The lowest BCUT2D eigenvalue weighted by Gasteiger charge is -2.34. The van der Waals surface area contributed by atoms with Gasteiger partial charge in [0.05, 0.1) is 16.8 Å². The van der Waals surface area contributed by atoms with Crippen molar-refractivity contribution in [2.24, 2.45) is 0 Å². The van der Waals surface area contributed by atoms with Gasteiger partial charge in [0.25, 0.3) is 5.91 Å². The fourth-order valence-corrected chi connectivity index (χ4v) is 4.23. The summed E-state index contributed by atoms with van der Waals surface area (Å²) < 4.78 is 15.5. The summed E-state index contributed by atoms with van der Waals surface area (Å²) in [6.45, 7) is 2.47. The molecule has 1 unspecified atom stereocenters. The van der Waals surface area contributed by atoms with Gasteiger partial charge in [-0.25, -0.2) is 14.1 Å². The third kappa shape index (κ3) is 3.21. The Bertz CT molecular complexity index is 1110. The molecule has 0 bridgehead atoms. The summed E-state index contributed by atoms with van der Waals surface area (Å²) in [6.07, 6.45) is 2.75. The first kappa shape index (κ1) is 18.3. The maximum atomic E-state index is 13.8. The van der Waals surface area contributed by atoms with Crippen LogP contribution in [0.5, 0.6) is 0 Å². The number of amides is 1. The number of carbonyl (C=O) groups excluding carboxylic acids is 1. The van der Waals surface area contributed by atoms with Crippen molar-refractivity contribution in [2.45, 2.75) is 38.1 Å². The highest BCUT2D eigenvalue weighted by Gasteiger charge is 2.35. The molecule has 1 aliphatic heterocycles. The third-order valence-corrected chi connectivity index (χ3v) is 6.07. The van der Waals surface area contributed by atoms with Crippen molar-refractivity contribution in [3.8, 4) is 5.69 Å². The van der Waals surface area contributed by atoms with E-state index < -0.39 is 0 Å². The molecular weight excluding hydrogens is 391 g/mol. The Morgan fingerprint density at radius 2 is 2.00 bits per heavy atom. The first-order chi connectivity index (χ1) is 14.0. The second-order valence-electron chi connectivity index (χ2n) is 7.70. The molecule has 1 saturated carbocycles. The largest absolute Gasteiger partial charge is 0.329 e. The lowest BCUT2D eigenvalue weighted by molar-refractivity contribution is 0.0664. The van der Waals surface area contributed by atoms with Crippen molar-refractivity contribution < 1.29 is 9.18 Å². The lowest BCUT2D eigenvalue weighted by Crippen LogP contribution is -2.39. The topological polar surface area (TPSA) is 51.0 Å². The van der Waals surface area contributed by atoms with Crippen LogP contribution in [0.4, 0.5) is 4.39 Å². The van der Waals surface area contributed by atoms with Crippen LogP contribution in [-0.2, 0) is 6.42 Å². The van der Waals surface area contributed by atoms with E-state index in [1.54, 1.807) is 21.7 Å². The number of para-hydroxylation sites is 1. The minimum Gasteiger partial charge on any atom is -0.329 e. The van der Waals surface area contributed by atoms with Gasteiger partial charge < -0.3 is 4.90 Å². The first-order valence-corrected chi connectivity index (χ1v) is 10.2. The minimum atomic E-state index is -0.290. The van der Waals surface area contributed by atoms with Crippen LogP contribution < -0.4 is 0 Å².